The number of likely N-dealkylation sites (tertiary alicyclic amines) is 1. The maximum Gasteiger partial charge on any atom is 0.254 e. The number of nitrogens with zero attached hydrogens (tertiary/aromatic N) is 1. The van der Waals surface area contributed by atoms with Gasteiger partial charge in [-0.25, -0.2) is 0 Å². The van der Waals surface area contributed by atoms with E-state index in [4.69, 9.17) is 37.4 Å². The summed E-state index contributed by atoms with van der Waals surface area (Å²) in [5.74, 6) is 0.376. The van der Waals surface area contributed by atoms with Crippen LogP contribution in [0.3, 0.4) is 0 Å². The van der Waals surface area contributed by atoms with Gasteiger partial charge >= 0.3 is 0 Å². The van der Waals surface area contributed by atoms with E-state index in [-0.39, 0.29) is 11.9 Å². The van der Waals surface area contributed by atoms with Crippen LogP contribution in [0.4, 0.5) is 0 Å². The van der Waals surface area contributed by atoms with Gasteiger partial charge in [0.25, 0.3) is 5.91 Å². The van der Waals surface area contributed by atoms with Crippen molar-refractivity contribution in [2.75, 3.05) is 33.9 Å². The zero-order valence-corrected chi connectivity index (χ0v) is 18.3. The predicted molar refractivity (Wildman–Crippen MR) is 109 cm³/mol. The lowest BCUT2D eigenvalue weighted by Gasteiger charge is -2.37. The number of nitrogens with one attached hydrogen (secondary N) is 1. The fourth-order valence-corrected chi connectivity index (χ4v) is 4.40. The highest BCUT2D eigenvalue weighted by Gasteiger charge is 2.40. The summed E-state index contributed by atoms with van der Waals surface area (Å²) in [6.07, 6.45) is 1.23. The molecule has 0 radical (unpaired) electrons. The van der Waals surface area contributed by atoms with Crippen molar-refractivity contribution in [1.82, 2.24) is 10.2 Å². The summed E-state index contributed by atoms with van der Waals surface area (Å²) in [6, 6.07) is 3.68. The van der Waals surface area contributed by atoms with Gasteiger partial charge in [-0.2, -0.15) is 0 Å². The quantitative estimate of drug-likeness (QED) is 0.772. The molecular formula is C20H28Cl2N2O4. The number of benzene rings is 1. The molecule has 1 aromatic rings. The first kappa shape index (κ1) is 21.7. The molecule has 2 aliphatic rings. The number of piperidine rings is 1. The zero-order chi connectivity index (χ0) is 20.5. The monoisotopic (exact) mass is 430 g/mol. The molecule has 0 bridgehead atoms. The van der Waals surface area contributed by atoms with E-state index in [0.717, 1.165) is 18.4 Å². The summed E-state index contributed by atoms with van der Waals surface area (Å²) in [5, 5.41) is 4.37. The number of carbonyl (C=O) groups excluding carboxylic acids is 1. The topological polar surface area (TPSA) is 60.0 Å². The lowest BCUT2D eigenvalue weighted by molar-refractivity contribution is -0.161. The Labute approximate surface area is 176 Å². The highest BCUT2D eigenvalue weighted by Crippen LogP contribution is 2.39. The molecule has 2 heterocycles. The van der Waals surface area contributed by atoms with E-state index in [9.17, 15) is 4.79 Å². The van der Waals surface area contributed by atoms with Gasteiger partial charge in [-0.3, -0.25) is 4.79 Å². The molecule has 2 saturated heterocycles. The third kappa shape index (κ3) is 4.57. The van der Waals surface area contributed by atoms with Gasteiger partial charge in [0.15, 0.2) is 11.9 Å². The minimum Gasteiger partial charge on any atom is -0.496 e. The molecule has 156 valence electrons. The molecule has 0 spiro atoms. The van der Waals surface area contributed by atoms with Crippen LogP contribution in [0, 0.1) is 5.92 Å². The molecule has 0 aromatic heterocycles. The first-order chi connectivity index (χ1) is 13.3. The van der Waals surface area contributed by atoms with Gasteiger partial charge in [0.2, 0.25) is 0 Å². The molecule has 2 atom stereocenters. The number of ether oxygens (including phenoxy) is 3. The van der Waals surface area contributed by atoms with Crippen molar-refractivity contribution < 1.29 is 19.0 Å². The van der Waals surface area contributed by atoms with Crippen LogP contribution in [0.2, 0.25) is 10.0 Å². The van der Waals surface area contributed by atoms with E-state index in [1.807, 2.05) is 31.9 Å². The molecule has 1 unspecified atom stereocenters. The number of amides is 1. The third-order valence-electron chi connectivity index (χ3n) is 5.53. The number of halogens is 2. The number of hydrogen-bond acceptors (Lipinski definition) is 5. The van der Waals surface area contributed by atoms with E-state index in [1.165, 1.54) is 0 Å². The Morgan fingerprint density at radius 3 is 2.46 bits per heavy atom. The van der Waals surface area contributed by atoms with Gasteiger partial charge in [0.05, 0.1) is 23.8 Å². The van der Waals surface area contributed by atoms with Crippen molar-refractivity contribution in [3.8, 4) is 5.75 Å². The summed E-state index contributed by atoms with van der Waals surface area (Å²) in [6.45, 7) is 5.34. The van der Waals surface area contributed by atoms with Crippen LogP contribution in [-0.2, 0) is 14.3 Å². The van der Waals surface area contributed by atoms with Crippen LogP contribution >= 0.6 is 23.2 Å². The summed E-state index contributed by atoms with van der Waals surface area (Å²) >= 11 is 12.4. The standard InChI is InChI=1S/C20H28Cl2N2O4/c1-20(2)27-11-17(28-20)19(25)24-7-5-12(6-8-24)18(23-3)13-9-14(21)15(22)10-16(13)26-4/h9-10,12,17-18,23H,5-8,11H2,1-4H3/t17-,18?/m1/s1. The fourth-order valence-electron chi connectivity index (χ4n) is 4.07. The fraction of sp³-hybridized carbons (Fsp3) is 0.650. The van der Waals surface area contributed by atoms with Crippen LogP contribution in [0.15, 0.2) is 12.1 Å². The van der Waals surface area contributed by atoms with Crippen LogP contribution in [-0.4, -0.2) is 56.6 Å². The average Bonchev–Trinajstić information content (AvgIpc) is 3.04. The summed E-state index contributed by atoms with van der Waals surface area (Å²) < 4.78 is 16.8. The maximum atomic E-state index is 12.7. The van der Waals surface area contributed by atoms with Crippen molar-refractivity contribution >= 4 is 29.1 Å². The molecule has 0 saturated carbocycles. The molecule has 0 aliphatic carbocycles. The van der Waals surface area contributed by atoms with Gasteiger partial charge in [0, 0.05) is 30.8 Å². The second-order valence-corrected chi connectivity index (χ2v) is 8.57. The molecule has 8 heteroatoms. The van der Waals surface area contributed by atoms with E-state index in [2.05, 4.69) is 5.32 Å². The lowest BCUT2D eigenvalue weighted by atomic mass is 9.85. The Morgan fingerprint density at radius 1 is 1.29 bits per heavy atom. The van der Waals surface area contributed by atoms with Crippen molar-refractivity contribution in [3.05, 3.63) is 27.7 Å². The SMILES string of the molecule is CNC(c1cc(Cl)c(Cl)cc1OC)C1CCN(C(=O)[C@H]2COC(C)(C)O2)CC1. The maximum absolute atomic E-state index is 12.7. The van der Waals surface area contributed by atoms with Crippen molar-refractivity contribution in [3.63, 3.8) is 0 Å². The van der Waals surface area contributed by atoms with E-state index < -0.39 is 11.9 Å². The minimum atomic E-state index is -0.694. The van der Waals surface area contributed by atoms with Crippen LogP contribution in [0.5, 0.6) is 5.75 Å². The zero-order valence-electron chi connectivity index (χ0n) is 16.8. The third-order valence-corrected chi connectivity index (χ3v) is 6.25. The molecule has 1 aromatic carbocycles. The Bertz CT molecular complexity index is 720. The van der Waals surface area contributed by atoms with Crippen LogP contribution < -0.4 is 10.1 Å². The van der Waals surface area contributed by atoms with Crippen molar-refractivity contribution in [2.45, 2.75) is 44.6 Å². The van der Waals surface area contributed by atoms with Gasteiger partial charge in [-0.1, -0.05) is 23.2 Å². The Kier molecular flexibility index (Phi) is 6.77. The summed E-state index contributed by atoms with van der Waals surface area (Å²) in [7, 11) is 3.55. The molecule has 6 nitrogen and oxygen atoms in total. The molecule has 1 N–H and O–H groups in total. The second-order valence-electron chi connectivity index (χ2n) is 7.75. The van der Waals surface area contributed by atoms with Crippen LogP contribution in [0.1, 0.15) is 38.3 Å². The normalized spacial score (nSPS) is 23.6. The first-order valence-corrected chi connectivity index (χ1v) is 10.3. The highest BCUT2D eigenvalue weighted by atomic mass is 35.5. The largest absolute Gasteiger partial charge is 0.496 e. The van der Waals surface area contributed by atoms with E-state index in [1.54, 1.807) is 13.2 Å². The van der Waals surface area contributed by atoms with Gasteiger partial charge in [0.1, 0.15) is 5.75 Å². The average molecular weight is 431 g/mol. The molecule has 3 rings (SSSR count). The first-order valence-electron chi connectivity index (χ1n) is 9.56. The smallest absolute Gasteiger partial charge is 0.254 e. The van der Waals surface area contributed by atoms with E-state index >= 15 is 0 Å². The minimum absolute atomic E-state index is 0.0113. The lowest BCUT2D eigenvalue weighted by Crippen LogP contribution is -2.46. The molecule has 28 heavy (non-hydrogen) atoms. The molecule has 2 fully saturated rings. The van der Waals surface area contributed by atoms with Crippen molar-refractivity contribution in [1.29, 1.82) is 0 Å². The summed E-state index contributed by atoms with van der Waals surface area (Å²) in [5.41, 5.74) is 0.985. The van der Waals surface area contributed by atoms with Gasteiger partial charge in [-0.05, 0) is 45.7 Å². The number of carbonyl (C=O) groups is 1. The van der Waals surface area contributed by atoms with Gasteiger partial charge < -0.3 is 24.4 Å². The number of methoxy groups -OCH3 is 1. The highest BCUT2D eigenvalue weighted by molar-refractivity contribution is 6.42. The Morgan fingerprint density at radius 2 is 1.93 bits per heavy atom. The second kappa shape index (κ2) is 8.76. The van der Waals surface area contributed by atoms with Gasteiger partial charge in [-0.15, -0.1) is 0 Å². The Hall–Kier alpha value is -1.05. The van der Waals surface area contributed by atoms with Crippen molar-refractivity contribution in [2.24, 2.45) is 5.92 Å². The Balaban J connectivity index is 1.67. The number of rotatable bonds is 5. The predicted octanol–water partition coefficient (Wildman–Crippen LogP) is 3.65. The number of hydrogen-bond donors (Lipinski definition) is 1. The van der Waals surface area contributed by atoms with Crippen LogP contribution in [0.25, 0.3) is 0 Å². The molecule has 2 aliphatic heterocycles. The molecule has 1 amide bonds. The molecular weight excluding hydrogens is 403 g/mol. The van der Waals surface area contributed by atoms with E-state index in [0.29, 0.717) is 41.4 Å². The summed E-state index contributed by atoms with van der Waals surface area (Å²) in [4.78, 5) is 14.6.